The summed E-state index contributed by atoms with van der Waals surface area (Å²) in [6, 6.07) is 4.01. The molecule has 1 fully saturated rings. The van der Waals surface area contributed by atoms with Crippen LogP contribution >= 0.6 is 0 Å². The van der Waals surface area contributed by atoms with Crippen LogP contribution in [-0.2, 0) is 11.3 Å². The largest absolute Gasteiger partial charge is 0.378 e. The third-order valence-electron chi connectivity index (χ3n) is 3.68. The molecule has 20 heavy (non-hydrogen) atoms. The maximum absolute atomic E-state index is 13.6. The van der Waals surface area contributed by atoms with Crippen LogP contribution in [0.3, 0.4) is 0 Å². The van der Waals surface area contributed by atoms with Gasteiger partial charge in [0.15, 0.2) is 0 Å². The number of benzene rings is 1. The lowest BCUT2D eigenvalue weighted by Gasteiger charge is -2.32. The van der Waals surface area contributed by atoms with Gasteiger partial charge in [-0.25, -0.2) is 8.78 Å². The zero-order valence-electron chi connectivity index (χ0n) is 11.7. The zero-order chi connectivity index (χ0) is 14.4. The van der Waals surface area contributed by atoms with E-state index in [0.29, 0.717) is 19.7 Å². The average Bonchev–Trinajstić information content (AvgIpc) is 2.45. The topological polar surface area (TPSA) is 38.5 Å². The molecule has 112 valence electrons. The maximum Gasteiger partial charge on any atom is 0.130 e. The fraction of sp³-hybridized carbons (Fsp3) is 0.600. The molecule has 1 aromatic carbocycles. The van der Waals surface area contributed by atoms with Gasteiger partial charge < -0.3 is 10.5 Å². The standard InChI is InChI=1S/C15H22F2N2O/c16-14-3-1-4-15(17)13(14)11-19-8-5-12(6-9-19)20-10-2-7-18/h1,3-4,12H,2,5-11,18H2. The van der Waals surface area contributed by atoms with Crippen molar-refractivity contribution in [3.05, 3.63) is 35.4 Å². The molecular formula is C15H22F2N2O. The van der Waals surface area contributed by atoms with Gasteiger partial charge >= 0.3 is 0 Å². The van der Waals surface area contributed by atoms with Crippen molar-refractivity contribution in [1.29, 1.82) is 0 Å². The van der Waals surface area contributed by atoms with Crippen LogP contribution < -0.4 is 5.73 Å². The van der Waals surface area contributed by atoms with Crippen LogP contribution in [0.5, 0.6) is 0 Å². The van der Waals surface area contributed by atoms with Gasteiger partial charge in [-0.3, -0.25) is 4.90 Å². The third kappa shape index (κ3) is 4.23. The van der Waals surface area contributed by atoms with E-state index in [0.717, 1.165) is 32.4 Å². The second-order valence-corrected chi connectivity index (χ2v) is 5.19. The highest BCUT2D eigenvalue weighted by Crippen LogP contribution is 2.19. The molecule has 0 atom stereocenters. The molecule has 0 unspecified atom stereocenters. The van der Waals surface area contributed by atoms with Crippen LogP contribution in [0.15, 0.2) is 18.2 Å². The molecule has 2 rings (SSSR count). The van der Waals surface area contributed by atoms with Crippen LogP contribution in [0, 0.1) is 11.6 Å². The Labute approximate surface area is 118 Å². The Balaban J connectivity index is 1.80. The average molecular weight is 284 g/mol. The van der Waals surface area contributed by atoms with E-state index in [2.05, 4.69) is 4.90 Å². The van der Waals surface area contributed by atoms with E-state index in [1.165, 1.54) is 18.2 Å². The predicted molar refractivity (Wildman–Crippen MR) is 74.3 cm³/mol. The molecule has 0 spiro atoms. The number of nitrogens with zero attached hydrogens (tertiary/aromatic N) is 1. The molecule has 5 heteroatoms. The molecule has 2 N–H and O–H groups in total. The third-order valence-corrected chi connectivity index (χ3v) is 3.68. The van der Waals surface area contributed by atoms with E-state index >= 15 is 0 Å². The fourth-order valence-electron chi connectivity index (χ4n) is 2.47. The van der Waals surface area contributed by atoms with Crippen molar-refractivity contribution >= 4 is 0 Å². The van der Waals surface area contributed by atoms with Crippen LogP contribution in [0.2, 0.25) is 0 Å². The molecule has 3 nitrogen and oxygen atoms in total. The van der Waals surface area contributed by atoms with Crippen LogP contribution in [-0.4, -0.2) is 37.2 Å². The van der Waals surface area contributed by atoms with Gasteiger partial charge in [0.1, 0.15) is 11.6 Å². The Hall–Kier alpha value is -1.04. The highest BCUT2D eigenvalue weighted by atomic mass is 19.1. The van der Waals surface area contributed by atoms with Crippen molar-refractivity contribution in [3.63, 3.8) is 0 Å². The van der Waals surface area contributed by atoms with Gasteiger partial charge in [-0.05, 0) is 37.9 Å². The van der Waals surface area contributed by atoms with Gasteiger partial charge in [0.2, 0.25) is 0 Å². The van der Waals surface area contributed by atoms with E-state index in [1.807, 2.05) is 0 Å². The normalized spacial score (nSPS) is 17.6. The summed E-state index contributed by atoms with van der Waals surface area (Å²) in [6.07, 6.45) is 2.94. The SMILES string of the molecule is NCCCOC1CCN(Cc2c(F)cccc2F)CC1. The first-order valence-corrected chi connectivity index (χ1v) is 7.17. The number of hydrogen-bond donors (Lipinski definition) is 1. The molecule has 0 aromatic heterocycles. The fourth-order valence-corrected chi connectivity index (χ4v) is 2.47. The maximum atomic E-state index is 13.6. The van der Waals surface area contributed by atoms with Gasteiger partial charge in [0, 0.05) is 31.8 Å². The number of likely N-dealkylation sites (tertiary alicyclic amines) is 1. The Morgan fingerprint density at radius 1 is 1.20 bits per heavy atom. The first-order chi connectivity index (χ1) is 9.70. The summed E-state index contributed by atoms with van der Waals surface area (Å²) < 4.78 is 32.9. The molecule has 0 radical (unpaired) electrons. The molecule has 1 aliphatic heterocycles. The van der Waals surface area contributed by atoms with E-state index in [9.17, 15) is 8.78 Å². The number of hydrogen-bond acceptors (Lipinski definition) is 3. The minimum atomic E-state index is -0.466. The van der Waals surface area contributed by atoms with Crippen molar-refractivity contribution in [2.45, 2.75) is 31.9 Å². The quantitative estimate of drug-likeness (QED) is 0.815. The molecule has 1 saturated heterocycles. The summed E-state index contributed by atoms with van der Waals surface area (Å²) in [5.41, 5.74) is 5.58. The molecule has 0 bridgehead atoms. The van der Waals surface area contributed by atoms with Gasteiger partial charge in [-0.15, -0.1) is 0 Å². The number of halogens is 2. The molecule has 1 aliphatic rings. The molecule has 0 amide bonds. The molecule has 1 heterocycles. The number of ether oxygens (including phenoxy) is 1. The predicted octanol–water partition coefficient (Wildman–Crippen LogP) is 2.29. The summed E-state index contributed by atoms with van der Waals surface area (Å²) in [5.74, 6) is -0.933. The number of rotatable bonds is 6. The lowest BCUT2D eigenvalue weighted by Crippen LogP contribution is -2.37. The van der Waals surface area contributed by atoms with Crippen molar-refractivity contribution in [1.82, 2.24) is 4.90 Å². The summed E-state index contributed by atoms with van der Waals surface area (Å²) in [7, 11) is 0. The molecular weight excluding hydrogens is 262 g/mol. The lowest BCUT2D eigenvalue weighted by molar-refractivity contribution is 0.00527. The minimum absolute atomic E-state index is 0.162. The van der Waals surface area contributed by atoms with Crippen LogP contribution in [0.4, 0.5) is 8.78 Å². The summed E-state index contributed by atoms with van der Waals surface area (Å²) in [5, 5.41) is 0. The van der Waals surface area contributed by atoms with E-state index in [4.69, 9.17) is 10.5 Å². The van der Waals surface area contributed by atoms with Crippen LogP contribution in [0.25, 0.3) is 0 Å². The van der Waals surface area contributed by atoms with E-state index < -0.39 is 11.6 Å². The van der Waals surface area contributed by atoms with Crippen molar-refractivity contribution in [2.75, 3.05) is 26.2 Å². The smallest absolute Gasteiger partial charge is 0.130 e. The summed E-state index contributed by atoms with van der Waals surface area (Å²) in [4.78, 5) is 2.07. The Morgan fingerprint density at radius 3 is 2.45 bits per heavy atom. The molecule has 0 aliphatic carbocycles. The summed E-state index contributed by atoms with van der Waals surface area (Å²) in [6.45, 7) is 3.28. The number of piperidine rings is 1. The van der Waals surface area contributed by atoms with Gasteiger partial charge in [-0.2, -0.15) is 0 Å². The van der Waals surface area contributed by atoms with Gasteiger partial charge in [0.05, 0.1) is 6.10 Å². The van der Waals surface area contributed by atoms with Crippen molar-refractivity contribution in [3.8, 4) is 0 Å². The van der Waals surface area contributed by atoms with Gasteiger partial charge in [0.25, 0.3) is 0 Å². The van der Waals surface area contributed by atoms with E-state index in [1.54, 1.807) is 0 Å². The Morgan fingerprint density at radius 2 is 1.85 bits per heavy atom. The van der Waals surface area contributed by atoms with Crippen molar-refractivity contribution in [2.24, 2.45) is 5.73 Å². The van der Waals surface area contributed by atoms with Crippen molar-refractivity contribution < 1.29 is 13.5 Å². The second-order valence-electron chi connectivity index (χ2n) is 5.19. The lowest BCUT2D eigenvalue weighted by atomic mass is 10.1. The Kier molecular flexibility index (Phi) is 5.88. The minimum Gasteiger partial charge on any atom is -0.378 e. The first-order valence-electron chi connectivity index (χ1n) is 7.17. The van der Waals surface area contributed by atoms with Crippen LogP contribution in [0.1, 0.15) is 24.8 Å². The highest BCUT2D eigenvalue weighted by molar-refractivity contribution is 5.19. The van der Waals surface area contributed by atoms with E-state index in [-0.39, 0.29) is 11.7 Å². The summed E-state index contributed by atoms with van der Waals surface area (Å²) >= 11 is 0. The van der Waals surface area contributed by atoms with Gasteiger partial charge in [-0.1, -0.05) is 6.07 Å². The number of nitrogens with two attached hydrogens (primary N) is 1. The highest BCUT2D eigenvalue weighted by Gasteiger charge is 2.21. The Bertz CT molecular complexity index is 400. The molecule has 0 saturated carbocycles. The zero-order valence-corrected chi connectivity index (χ0v) is 11.7. The first kappa shape index (κ1) is 15.4. The monoisotopic (exact) mass is 284 g/mol. The molecule has 1 aromatic rings. The second kappa shape index (κ2) is 7.67.